The Labute approximate surface area is 114 Å². The lowest BCUT2D eigenvalue weighted by Gasteiger charge is -2.14. The van der Waals surface area contributed by atoms with Gasteiger partial charge in [0, 0.05) is 6.54 Å². The van der Waals surface area contributed by atoms with Crippen molar-refractivity contribution in [1.82, 2.24) is 4.90 Å². The topological polar surface area (TPSA) is 38.5 Å². The fraction of sp³-hybridized carbons (Fsp3) is 0.600. The van der Waals surface area contributed by atoms with Gasteiger partial charge in [0.25, 0.3) is 0 Å². The van der Waals surface area contributed by atoms with E-state index in [1.54, 1.807) is 6.07 Å². The molecule has 0 amide bonds. The minimum atomic E-state index is -0.285. The summed E-state index contributed by atoms with van der Waals surface area (Å²) < 4.78 is 19.2. The molecular formula is C15H23FN2O. The van der Waals surface area contributed by atoms with Crippen molar-refractivity contribution in [3.8, 4) is 5.75 Å². The van der Waals surface area contributed by atoms with Gasteiger partial charge in [-0.05, 0) is 63.0 Å². The number of hydrogen-bond acceptors (Lipinski definition) is 3. The molecule has 1 saturated heterocycles. The Morgan fingerprint density at radius 1 is 1.26 bits per heavy atom. The number of benzene rings is 1. The van der Waals surface area contributed by atoms with E-state index in [-0.39, 0.29) is 5.82 Å². The van der Waals surface area contributed by atoms with Crippen molar-refractivity contribution in [2.24, 2.45) is 5.73 Å². The molecule has 106 valence electrons. The molecule has 0 aliphatic carbocycles. The zero-order valence-electron chi connectivity index (χ0n) is 11.4. The number of rotatable bonds is 7. The summed E-state index contributed by atoms with van der Waals surface area (Å²) in [7, 11) is 0. The average molecular weight is 266 g/mol. The molecule has 1 fully saturated rings. The number of hydrogen-bond donors (Lipinski definition) is 1. The molecular weight excluding hydrogens is 243 g/mol. The number of likely N-dealkylation sites (tertiary alicyclic amines) is 1. The first kappa shape index (κ1) is 14.3. The first-order valence-electron chi connectivity index (χ1n) is 7.13. The second-order valence-electron chi connectivity index (χ2n) is 5.05. The Balaban J connectivity index is 1.72. The van der Waals surface area contributed by atoms with Crippen LogP contribution in [0, 0.1) is 5.82 Å². The molecule has 1 aliphatic rings. The van der Waals surface area contributed by atoms with E-state index < -0.39 is 0 Å². The molecule has 0 unspecified atom stereocenters. The van der Waals surface area contributed by atoms with Crippen LogP contribution in [-0.2, 0) is 6.42 Å². The van der Waals surface area contributed by atoms with Crippen molar-refractivity contribution in [1.29, 1.82) is 0 Å². The van der Waals surface area contributed by atoms with Crippen molar-refractivity contribution in [3.63, 3.8) is 0 Å². The van der Waals surface area contributed by atoms with Gasteiger partial charge in [-0.2, -0.15) is 0 Å². The number of halogens is 1. The second kappa shape index (κ2) is 7.46. The summed E-state index contributed by atoms with van der Waals surface area (Å²) in [5.41, 5.74) is 6.37. The molecule has 2 N–H and O–H groups in total. The number of nitrogens with zero attached hydrogens (tertiary/aromatic N) is 1. The Kier molecular flexibility index (Phi) is 5.61. The third-order valence-corrected chi connectivity index (χ3v) is 3.50. The predicted octanol–water partition coefficient (Wildman–Crippen LogP) is 2.19. The lowest BCUT2D eigenvalue weighted by atomic mass is 10.1. The average Bonchev–Trinajstić information content (AvgIpc) is 2.90. The fourth-order valence-corrected chi connectivity index (χ4v) is 2.46. The van der Waals surface area contributed by atoms with E-state index in [0.717, 1.165) is 18.5 Å². The van der Waals surface area contributed by atoms with Crippen molar-refractivity contribution in [2.75, 3.05) is 32.8 Å². The van der Waals surface area contributed by atoms with E-state index in [2.05, 4.69) is 4.90 Å². The van der Waals surface area contributed by atoms with Crippen LogP contribution in [0.1, 0.15) is 24.8 Å². The van der Waals surface area contributed by atoms with Gasteiger partial charge < -0.3 is 15.4 Å². The highest BCUT2D eigenvalue weighted by atomic mass is 19.1. The maximum absolute atomic E-state index is 13.7. The molecule has 1 heterocycles. The molecule has 2 rings (SSSR count). The second-order valence-corrected chi connectivity index (χ2v) is 5.05. The highest BCUT2D eigenvalue weighted by Crippen LogP contribution is 2.19. The summed E-state index contributed by atoms with van der Waals surface area (Å²) >= 11 is 0. The van der Waals surface area contributed by atoms with Gasteiger partial charge >= 0.3 is 0 Å². The molecule has 0 aromatic heterocycles. The van der Waals surface area contributed by atoms with Gasteiger partial charge in [-0.15, -0.1) is 0 Å². The van der Waals surface area contributed by atoms with E-state index >= 15 is 0 Å². The van der Waals surface area contributed by atoms with Crippen molar-refractivity contribution in [2.45, 2.75) is 25.7 Å². The van der Waals surface area contributed by atoms with Crippen LogP contribution >= 0.6 is 0 Å². The first-order valence-corrected chi connectivity index (χ1v) is 7.13. The summed E-state index contributed by atoms with van der Waals surface area (Å²) in [6.45, 7) is 4.55. The minimum absolute atomic E-state index is 0.285. The van der Waals surface area contributed by atoms with Gasteiger partial charge in [-0.1, -0.05) is 6.07 Å². The van der Waals surface area contributed by atoms with E-state index in [9.17, 15) is 4.39 Å². The van der Waals surface area contributed by atoms with E-state index in [4.69, 9.17) is 10.5 Å². The van der Waals surface area contributed by atoms with Crippen LogP contribution in [0.4, 0.5) is 4.39 Å². The third kappa shape index (κ3) is 4.48. The third-order valence-electron chi connectivity index (χ3n) is 3.50. The van der Waals surface area contributed by atoms with Gasteiger partial charge in [0.1, 0.15) is 0 Å². The molecule has 1 aromatic rings. The molecule has 0 atom stereocenters. The Morgan fingerprint density at radius 2 is 2.05 bits per heavy atom. The summed E-state index contributed by atoms with van der Waals surface area (Å²) in [5.74, 6) is 0.0642. The summed E-state index contributed by atoms with van der Waals surface area (Å²) in [4.78, 5) is 2.43. The van der Waals surface area contributed by atoms with Gasteiger partial charge in [0.15, 0.2) is 11.6 Å². The molecule has 4 heteroatoms. The Hall–Kier alpha value is -1.13. The normalized spacial score (nSPS) is 15.9. The van der Waals surface area contributed by atoms with Crippen molar-refractivity contribution < 1.29 is 9.13 Å². The molecule has 0 radical (unpaired) electrons. The van der Waals surface area contributed by atoms with Crippen LogP contribution in [0.25, 0.3) is 0 Å². The molecule has 0 saturated carbocycles. The predicted molar refractivity (Wildman–Crippen MR) is 74.9 cm³/mol. The fourth-order valence-electron chi connectivity index (χ4n) is 2.46. The van der Waals surface area contributed by atoms with Crippen LogP contribution < -0.4 is 10.5 Å². The van der Waals surface area contributed by atoms with E-state index in [1.165, 1.54) is 32.0 Å². The quantitative estimate of drug-likeness (QED) is 0.769. The van der Waals surface area contributed by atoms with E-state index in [0.29, 0.717) is 25.3 Å². The lowest BCUT2D eigenvalue weighted by molar-refractivity contribution is 0.255. The summed E-state index contributed by atoms with van der Waals surface area (Å²) in [6.07, 6.45) is 4.26. The zero-order valence-corrected chi connectivity index (χ0v) is 11.4. The Morgan fingerprint density at radius 3 is 2.74 bits per heavy atom. The standard InChI is InChI=1S/C15H23FN2O/c16-14-12-13(6-7-17)4-5-15(14)19-11-3-10-18-8-1-2-9-18/h4-5,12H,1-3,6-11,17H2. The van der Waals surface area contributed by atoms with Crippen LogP contribution in [0.3, 0.4) is 0 Å². The number of nitrogens with two attached hydrogens (primary N) is 1. The van der Waals surface area contributed by atoms with Crippen LogP contribution in [0.2, 0.25) is 0 Å². The number of ether oxygens (including phenoxy) is 1. The van der Waals surface area contributed by atoms with Gasteiger partial charge in [0.05, 0.1) is 6.61 Å². The zero-order chi connectivity index (χ0) is 13.5. The molecule has 0 bridgehead atoms. The molecule has 3 nitrogen and oxygen atoms in total. The summed E-state index contributed by atoms with van der Waals surface area (Å²) in [6, 6.07) is 5.10. The van der Waals surface area contributed by atoms with Crippen LogP contribution in [0.15, 0.2) is 18.2 Å². The smallest absolute Gasteiger partial charge is 0.165 e. The maximum atomic E-state index is 13.7. The lowest BCUT2D eigenvalue weighted by Crippen LogP contribution is -2.22. The van der Waals surface area contributed by atoms with Gasteiger partial charge in [0.2, 0.25) is 0 Å². The molecule has 0 spiro atoms. The van der Waals surface area contributed by atoms with E-state index in [1.807, 2.05) is 6.07 Å². The van der Waals surface area contributed by atoms with Gasteiger partial charge in [-0.25, -0.2) is 4.39 Å². The highest BCUT2D eigenvalue weighted by molar-refractivity contribution is 5.29. The Bertz CT molecular complexity index is 392. The largest absolute Gasteiger partial charge is 0.490 e. The SMILES string of the molecule is NCCc1ccc(OCCCN2CCCC2)c(F)c1. The summed E-state index contributed by atoms with van der Waals surface area (Å²) in [5, 5.41) is 0. The van der Waals surface area contributed by atoms with Crippen molar-refractivity contribution in [3.05, 3.63) is 29.6 Å². The molecule has 19 heavy (non-hydrogen) atoms. The van der Waals surface area contributed by atoms with Gasteiger partial charge in [-0.3, -0.25) is 0 Å². The monoisotopic (exact) mass is 266 g/mol. The first-order chi connectivity index (χ1) is 9.29. The minimum Gasteiger partial charge on any atom is -0.490 e. The molecule has 1 aliphatic heterocycles. The highest BCUT2D eigenvalue weighted by Gasteiger charge is 2.10. The van der Waals surface area contributed by atoms with Crippen LogP contribution in [-0.4, -0.2) is 37.7 Å². The molecule has 1 aromatic carbocycles. The van der Waals surface area contributed by atoms with Crippen molar-refractivity contribution >= 4 is 0 Å². The van der Waals surface area contributed by atoms with Crippen LogP contribution in [0.5, 0.6) is 5.75 Å². The maximum Gasteiger partial charge on any atom is 0.165 e.